The summed E-state index contributed by atoms with van der Waals surface area (Å²) in [5, 5.41) is 10.6. The molecule has 1 aromatic rings. The van der Waals surface area contributed by atoms with Crippen LogP contribution in [0.3, 0.4) is 0 Å². The third-order valence-electron chi connectivity index (χ3n) is 2.27. The number of benzene rings is 1. The van der Waals surface area contributed by atoms with Crippen LogP contribution in [0.5, 0.6) is 5.75 Å². The third-order valence-corrected chi connectivity index (χ3v) is 2.27. The van der Waals surface area contributed by atoms with Crippen LogP contribution in [0.25, 0.3) is 0 Å². The Morgan fingerprint density at radius 3 is 2.50 bits per heavy atom. The Kier molecular flexibility index (Phi) is 5.70. The molecule has 0 saturated heterocycles. The van der Waals surface area contributed by atoms with E-state index in [1.54, 1.807) is 12.1 Å². The van der Waals surface area contributed by atoms with Gasteiger partial charge in [0.15, 0.2) is 6.61 Å². The fourth-order valence-corrected chi connectivity index (χ4v) is 1.42. The number of aryl methyl sites for hydroxylation is 1. The van der Waals surface area contributed by atoms with E-state index in [4.69, 9.17) is 9.84 Å². The minimum atomic E-state index is -1.08. The quantitative estimate of drug-likeness (QED) is 0.764. The molecular weight excluding hydrogens is 234 g/mol. The van der Waals surface area contributed by atoms with E-state index < -0.39 is 18.4 Å². The molecule has 98 valence electrons. The molecule has 0 atom stereocenters. The number of rotatable bonds is 7. The second kappa shape index (κ2) is 7.32. The summed E-state index contributed by atoms with van der Waals surface area (Å²) in [6, 6.07) is 7.51. The number of nitrogens with one attached hydrogen (secondary N) is 1. The van der Waals surface area contributed by atoms with E-state index in [-0.39, 0.29) is 6.61 Å². The van der Waals surface area contributed by atoms with Gasteiger partial charge < -0.3 is 15.2 Å². The Labute approximate surface area is 106 Å². The van der Waals surface area contributed by atoms with Crippen LogP contribution in [-0.2, 0) is 16.0 Å². The average Bonchev–Trinajstić information content (AvgIpc) is 2.36. The predicted molar refractivity (Wildman–Crippen MR) is 66.6 cm³/mol. The highest BCUT2D eigenvalue weighted by atomic mass is 16.5. The Balaban J connectivity index is 2.34. The molecule has 5 heteroatoms. The van der Waals surface area contributed by atoms with Gasteiger partial charge in [0.05, 0.1) is 0 Å². The van der Waals surface area contributed by atoms with Crippen molar-refractivity contribution >= 4 is 11.9 Å². The average molecular weight is 251 g/mol. The molecule has 0 aromatic heterocycles. The van der Waals surface area contributed by atoms with Crippen LogP contribution in [0.15, 0.2) is 24.3 Å². The summed E-state index contributed by atoms with van der Waals surface area (Å²) in [7, 11) is 0. The van der Waals surface area contributed by atoms with Gasteiger partial charge in [-0.1, -0.05) is 25.5 Å². The van der Waals surface area contributed by atoms with Crippen molar-refractivity contribution in [2.24, 2.45) is 0 Å². The van der Waals surface area contributed by atoms with Gasteiger partial charge in [0.25, 0.3) is 5.91 Å². The zero-order chi connectivity index (χ0) is 13.4. The Morgan fingerprint density at radius 1 is 1.28 bits per heavy atom. The fraction of sp³-hybridized carbons (Fsp3) is 0.385. The molecule has 5 nitrogen and oxygen atoms in total. The predicted octanol–water partition coefficient (Wildman–Crippen LogP) is 1.22. The molecule has 0 spiro atoms. The van der Waals surface area contributed by atoms with Crippen molar-refractivity contribution < 1.29 is 19.4 Å². The maximum Gasteiger partial charge on any atom is 0.322 e. The third kappa shape index (κ3) is 5.34. The van der Waals surface area contributed by atoms with Crippen LogP contribution in [0, 0.1) is 0 Å². The molecule has 0 fully saturated rings. The molecule has 0 aliphatic carbocycles. The first-order valence-corrected chi connectivity index (χ1v) is 5.82. The summed E-state index contributed by atoms with van der Waals surface area (Å²) in [6.45, 7) is 1.54. The van der Waals surface area contributed by atoms with Crippen molar-refractivity contribution in [1.29, 1.82) is 0 Å². The molecular formula is C13H17NO4. The summed E-state index contributed by atoms with van der Waals surface area (Å²) >= 11 is 0. The highest BCUT2D eigenvalue weighted by Gasteiger charge is 2.04. The zero-order valence-electron chi connectivity index (χ0n) is 10.3. The van der Waals surface area contributed by atoms with Gasteiger partial charge in [-0.2, -0.15) is 0 Å². The maximum atomic E-state index is 11.2. The van der Waals surface area contributed by atoms with E-state index in [0.717, 1.165) is 12.8 Å². The first-order chi connectivity index (χ1) is 8.61. The van der Waals surface area contributed by atoms with Gasteiger partial charge in [0, 0.05) is 0 Å². The van der Waals surface area contributed by atoms with Crippen molar-refractivity contribution in [3.63, 3.8) is 0 Å². The summed E-state index contributed by atoms with van der Waals surface area (Å²) in [5.41, 5.74) is 1.22. The lowest BCUT2D eigenvalue weighted by atomic mass is 10.1. The summed E-state index contributed by atoms with van der Waals surface area (Å²) < 4.78 is 5.23. The number of aliphatic carboxylic acids is 1. The number of hydrogen-bond donors (Lipinski definition) is 2. The molecule has 2 N–H and O–H groups in total. The molecule has 0 bridgehead atoms. The lowest BCUT2D eigenvalue weighted by Gasteiger charge is -2.06. The Bertz CT molecular complexity index is 400. The van der Waals surface area contributed by atoms with Gasteiger partial charge in [0.2, 0.25) is 0 Å². The molecule has 0 aliphatic rings. The highest BCUT2D eigenvalue weighted by Crippen LogP contribution is 2.13. The van der Waals surface area contributed by atoms with Gasteiger partial charge >= 0.3 is 5.97 Å². The van der Waals surface area contributed by atoms with Crippen molar-refractivity contribution in [1.82, 2.24) is 5.32 Å². The number of amides is 1. The number of carboxylic acid groups (broad SMARTS) is 1. The standard InChI is InChI=1S/C13H17NO4/c1-2-3-10-4-6-11(7-5-10)18-9-12(15)14-8-13(16)17/h4-7H,2-3,8-9H2,1H3,(H,14,15)(H,16,17). The molecule has 0 unspecified atom stereocenters. The van der Waals surface area contributed by atoms with Gasteiger partial charge in [-0.05, 0) is 24.1 Å². The van der Waals surface area contributed by atoms with Crippen LogP contribution >= 0.6 is 0 Å². The van der Waals surface area contributed by atoms with Crippen LogP contribution in [0.4, 0.5) is 0 Å². The smallest absolute Gasteiger partial charge is 0.322 e. The highest BCUT2D eigenvalue weighted by molar-refractivity contribution is 5.82. The number of carbonyl (C=O) groups is 2. The summed E-state index contributed by atoms with van der Waals surface area (Å²) in [6.07, 6.45) is 2.09. The van der Waals surface area contributed by atoms with Crippen LogP contribution < -0.4 is 10.1 Å². The SMILES string of the molecule is CCCc1ccc(OCC(=O)NCC(=O)O)cc1. The molecule has 1 rings (SSSR count). The van der Waals surface area contributed by atoms with E-state index >= 15 is 0 Å². The number of carboxylic acids is 1. The number of ether oxygens (including phenoxy) is 1. The van der Waals surface area contributed by atoms with E-state index in [0.29, 0.717) is 5.75 Å². The Hall–Kier alpha value is -2.04. The zero-order valence-corrected chi connectivity index (χ0v) is 10.3. The Morgan fingerprint density at radius 2 is 1.94 bits per heavy atom. The molecule has 0 aliphatic heterocycles. The lowest BCUT2D eigenvalue weighted by molar-refractivity contribution is -0.138. The van der Waals surface area contributed by atoms with Gasteiger partial charge in [0.1, 0.15) is 12.3 Å². The first-order valence-electron chi connectivity index (χ1n) is 5.82. The van der Waals surface area contributed by atoms with E-state index in [2.05, 4.69) is 12.2 Å². The minimum Gasteiger partial charge on any atom is -0.484 e. The van der Waals surface area contributed by atoms with Crippen LogP contribution in [0.2, 0.25) is 0 Å². The maximum absolute atomic E-state index is 11.2. The molecule has 0 saturated carbocycles. The molecule has 18 heavy (non-hydrogen) atoms. The van der Waals surface area contributed by atoms with E-state index in [1.807, 2.05) is 12.1 Å². The van der Waals surface area contributed by atoms with Crippen molar-refractivity contribution in [3.8, 4) is 5.75 Å². The second-order valence-electron chi connectivity index (χ2n) is 3.85. The van der Waals surface area contributed by atoms with Gasteiger partial charge in [-0.25, -0.2) is 0 Å². The van der Waals surface area contributed by atoms with Crippen LogP contribution in [0.1, 0.15) is 18.9 Å². The monoisotopic (exact) mass is 251 g/mol. The van der Waals surface area contributed by atoms with Gasteiger partial charge in [-0.15, -0.1) is 0 Å². The van der Waals surface area contributed by atoms with Crippen molar-refractivity contribution in [2.45, 2.75) is 19.8 Å². The minimum absolute atomic E-state index is 0.180. The lowest BCUT2D eigenvalue weighted by Crippen LogP contribution is -2.33. The molecule has 1 amide bonds. The topological polar surface area (TPSA) is 75.6 Å². The molecule has 0 radical (unpaired) electrons. The van der Waals surface area contributed by atoms with E-state index in [9.17, 15) is 9.59 Å². The van der Waals surface area contributed by atoms with E-state index in [1.165, 1.54) is 5.56 Å². The number of hydrogen-bond acceptors (Lipinski definition) is 3. The van der Waals surface area contributed by atoms with Crippen molar-refractivity contribution in [2.75, 3.05) is 13.2 Å². The van der Waals surface area contributed by atoms with Crippen LogP contribution in [-0.4, -0.2) is 30.1 Å². The largest absolute Gasteiger partial charge is 0.484 e. The first kappa shape index (κ1) is 14.0. The number of carbonyl (C=O) groups excluding carboxylic acids is 1. The molecule has 0 heterocycles. The summed E-state index contributed by atoms with van der Waals surface area (Å²) in [5.74, 6) is -0.928. The fourth-order valence-electron chi connectivity index (χ4n) is 1.42. The normalized spacial score (nSPS) is 9.83. The second-order valence-corrected chi connectivity index (χ2v) is 3.85. The molecule has 1 aromatic carbocycles. The summed E-state index contributed by atoms with van der Waals surface area (Å²) in [4.78, 5) is 21.4. The van der Waals surface area contributed by atoms with Crippen molar-refractivity contribution in [3.05, 3.63) is 29.8 Å². The van der Waals surface area contributed by atoms with Gasteiger partial charge in [-0.3, -0.25) is 9.59 Å².